The maximum atomic E-state index is 13.2. The fraction of sp³-hybridized carbons (Fsp3) is 0.826. The molecule has 4 saturated carbocycles. The van der Waals surface area contributed by atoms with E-state index in [2.05, 4.69) is 15.3 Å². The first-order valence-electron chi connectivity index (χ1n) is 12.2. The van der Waals surface area contributed by atoms with Crippen molar-refractivity contribution >= 4 is 31.3 Å². The van der Waals surface area contributed by atoms with Crippen molar-refractivity contribution in [3.63, 3.8) is 0 Å². The molecule has 1 aromatic rings. The summed E-state index contributed by atoms with van der Waals surface area (Å²) in [6.07, 6.45) is 8.08. The Morgan fingerprint density at radius 1 is 1.28 bits per heavy atom. The average molecular weight is 460 g/mol. The van der Waals surface area contributed by atoms with Crippen LogP contribution in [0.2, 0.25) is 5.02 Å². The molecular formula is C23H35BClN5O2. The van der Waals surface area contributed by atoms with E-state index in [9.17, 15) is 9.90 Å². The molecule has 174 valence electrons. The predicted octanol–water partition coefficient (Wildman–Crippen LogP) is 2.36. The van der Waals surface area contributed by atoms with E-state index in [0.29, 0.717) is 34.4 Å². The molecule has 4 bridgehead atoms. The van der Waals surface area contributed by atoms with Gasteiger partial charge in [-0.3, -0.25) is 9.48 Å². The number of anilines is 1. The number of halogens is 1. The van der Waals surface area contributed by atoms with Crippen molar-refractivity contribution in [3.05, 3.63) is 10.7 Å². The molecule has 7 nitrogen and oxygen atoms in total. The lowest BCUT2D eigenvalue weighted by Crippen LogP contribution is -2.61. The second kappa shape index (κ2) is 8.51. The minimum Gasteiger partial charge on any atom is -0.390 e. The second-order valence-corrected chi connectivity index (χ2v) is 11.4. The van der Waals surface area contributed by atoms with Crippen molar-refractivity contribution < 1.29 is 9.90 Å². The minimum absolute atomic E-state index is 0.118. The van der Waals surface area contributed by atoms with Crippen molar-refractivity contribution in [2.45, 2.75) is 63.0 Å². The summed E-state index contributed by atoms with van der Waals surface area (Å²) in [6.45, 7) is 2.77. The Morgan fingerprint density at radius 2 is 1.94 bits per heavy atom. The third-order valence-electron chi connectivity index (χ3n) is 8.60. The first kappa shape index (κ1) is 22.5. The quantitative estimate of drug-likeness (QED) is 0.639. The molecule has 6 rings (SSSR count). The molecule has 2 N–H and O–H groups in total. The molecule has 2 heterocycles. The summed E-state index contributed by atoms with van der Waals surface area (Å²) < 4.78 is 1.72. The maximum Gasteiger partial charge on any atom is 0.273 e. The molecule has 5 aliphatic rings. The number of carbonyl (C=O) groups excluding carboxylic acids is 1. The summed E-state index contributed by atoms with van der Waals surface area (Å²) >= 11 is 6.70. The molecule has 2 unspecified atom stereocenters. The number of aromatic nitrogens is 2. The molecule has 2 radical (unpaired) electrons. The largest absolute Gasteiger partial charge is 0.390 e. The summed E-state index contributed by atoms with van der Waals surface area (Å²) in [7, 11) is 9.73. The number of amides is 1. The number of rotatable bonds is 6. The lowest BCUT2D eigenvalue weighted by Gasteiger charge is -2.58. The van der Waals surface area contributed by atoms with Gasteiger partial charge in [0.05, 0.1) is 5.60 Å². The van der Waals surface area contributed by atoms with Crippen LogP contribution in [0.5, 0.6) is 0 Å². The number of hydrogen-bond acceptors (Lipinski definition) is 5. The Bertz CT molecular complexity index is 855. The molecule has 32 heavy (non-hydrogen) atoms. The number of aliphatic hydroxyl groups is 1. The number of nitrogens with one attached hydrogen (secondary N) is 1. The normalized spacial score (nSPS) is 34.8. The molecule has 9 heteroatoms. The standard InChI is InChI=1S/C23H35BClN5O2/c1-28(6-3-14-4-7-30(24)8-5-14)22-18(25)20(27-29(22)2)21(31)26-19-16-9-15-10-17(19)13-23(32,11-15)12-16/h14-17,19,32H,3-13H2,1-2H3,(H,26,31). The molecule has 1 amide bonds. The van der Waals surface area contributed by atoms with Crippen molar-refractivity contribution in [3.8, 4) is 0 Å². The van der Waals surface area contributed by atoms with E-state index in [1.54, 1.807) is 4.68 Å². The Balaban J connectivity index is 1.23. The van der Waals surface area contributed by atoms with Crippen molar-refractivity contribution in [1.82, 2.24) is 19.9 Å². The van der Waals surface area contributed by atoms with Gasteiger partial charge in [-0.25, -0.2) is 0 Å². The van der Waals surface area contributed by atoms with Gasteiger partial charge in [-0.05, 0) is 88.1 Å². The van der Waals surface area contributed by atoms with E-state index in [1.165, 1.54) is 0 Å². The Morgan fingerprint density at radius 3 is 2.56 bits per heavy atom. The molecule has 0 spiro atoms. The van der Waals surface area contributed by atoms with Gasteiger partial charge >= 0.3 is 0 Å². The number of piperidine rings is 1. The van der Waals surface area contributed by atoms with Crippen LogP contribution in [0.4, 0.5) is 5.82 Å². The van der Waals surface area contributed by atoms with Crippen LogP contribution in [0.25, 0.3) is 0 Å². The van der Waals surface area contributed by atoms with Crippen molar-refractivity contribution in [1.29, 1.82) is 0 Å². The van der Waals surface area contributed by atoms with Crippen molar-refractivity contribution in [2.75, 3.05) is 31.6 Å². The van der Waals surface area contributed by atoms with E-state index < -0.39 is 5.60 Å². The van der Waals surface area contributed by atoms with Crippen LogP contribution in [-0.4, -0.2) is 71.9 Å². The number of carbonyl (C=O) groups is 1. The van der Waals surface area contributed by atoms with Gasteiger partial charge in [0.2, 0.25) is 0 Å². The SMILES string of the molecule is [B]N1CCC(CCN(C)c2c(Cl)c(C(=O)NC3C4CC5CC3CC(O)(C5)C4)nn2C)CC1. The number of hydrogen-bond donors (Lipinski definition) is 2. The van der Waals surface area contributed by atoms with E-state index in [-0.39, 0.29) is 11.9 Å². The minimum atomic E-state index is -0.503. The van der Waals surface area contributed by atoms with Gasteiger partial charge in [0.1, 0.15) is 10.8 Å². The first-order valence-corrected chi connectivity index (χ1v) is 12.6. The highest BCUT2D eigenvalue weighted by molar-refractivity contribution is 6.36. The van der Waals surface area contributed by atoms with Crippen LogP contribution in [0.3, 0.4) is 0 Å². The molecule has 5 fully saturated rings. The zero-order chi connectivity index (χ0) is 22.6. The molecular weight excluding hydrogens is 425 g/mol. The molecule has 0 aromatic carbocycles. The first-order chi connectivity index (χ1) is 15.2. The number of aryl methyl sites for hydroxylation is 1. The summed E-state index contributed by atoms with van der Waals surface area (Å²) in [5, 5.41) is 19.0. The smallest absolute Gasteiger partial charge is 0.273 e. The molecule has 1 saturated heterocycles. The fourth-order valence-corrected chi connectivity index (χ4v) is 7.60. The fourth-order valence-electron chi connectivity index (χ4n) is 7.21. The monoisotopic (exact) mass is 459 g/mol. The van der Waals surface area contributed by atoms with Gasteiger partial charge in [-0.1, -0.05) is 11.6 Å². The van der Waals surface area contributed by atoms with E-state index >= 15 is 0 Å². The Labute approximate surface area is 197 Å². The van der Waals surface area contributed by atoms with Crippen LogP contribution < -0.4 is 10.2 Å². The van der Waals surface area contributed by atoms with Crippen molar-refractivity contribution in [2.24, 2.45) is 30.7 Å². The van der Waals surface area contributed by atoms with Gasteiger partial charge in [0.25, 0.3) is 5.91 Å². The van der Waals surface area contributed by atoms with Crippen LogP contribution in [0, 0.1) is 23.7 Å². The van der Waals surface area contributed by atoms with Gasteiger partial charge < -0.3 is 20.1 Å². The predicted molar refractivity (Wildman–Crippen MR) is 126 cm³/mol. The third-order valence-corrected chi connectivity index (χ3v) is 8.95. The van der Waals surface area contributed by atoms with Gasteiger partial charge in [-0.2, -0.15) is 5.10 Å². The second-order valence-electron chi connectivity index (χ2n) is 11.0. The van der Waals surface area contributed by atoms with Crippen LogP contribution in [-0.2, 0) is 7.05 Å². The highest BCUT2D eigenvalue weighted by Crippen LogP contribution is 2.55. The van der Waals surface area contributed by atoms with Gasteiger partial charge in [-0.15, -0.1) is 0 Å². The van der Waals surface area contributed by atoms with Gasteiger partial charge in [0, 0.05) is 26.7 Å². The van der Waals surface area contributed by atoms with E-state index in [1.807, 2.05) is 18.9 Å². The van der Waals surface area contributed by atoms with Crippen LogP contribution >= 0.6 is 11.6 Å². The summed E-state index contributed by atoms with van der Waals surface area (Å²) in [5.74, 6) is 2.59. The average Bonchev–Trinajstić information content (AvgIpc) is 3.03. The molecule has 2 atom stereocenters. The Hall–Kier alpha value is -1.25. The summed E-state index contributed by atoms with van der Waals surface area (Å²) in [6, 6.07) is 0.118. The zero-order valence-corrected chi connectivity index (χ0v) is 20.0. The van der Waals surface area contributed by atoms with Gasteiger partial charge in [0.15, 0.2) is 13.7 Å². The highest BCUT2D eigenvalue weighted by Gasteiger charge is 2.55. The third kappa shape index (κ3) is 4.18. The lowest BCUT2D eigenvalue weighted by atomic mass is 9.52. The Kier molecular flexibility index (Phi) is 6.00. The number of nitrogens with zero attached hydrogens (tertiary/aromatic N) is 4. The summed E-state index contributed by atoms with van der Waals surface area (Å²) in [4.78, 5) is 17.2. The maximum absolute atomic E-state index is 13.2. The molecule has 1 aromatic heterocycles. The molecule has 1 aliphatic heterocycles. The zero-order valence-electron chi connectivity index (χ0n) is 19.3. The lowest BCUT2D eigenvalue weighted by molar-refractivity contribution is -0.136. The van der Waals surface area contributed by atoms with E-state index in [0.717, 1.165) is 76.8 Å². The highest BCUT2D eigenvalue weighted by atomic mass is 35.5. The topological polar surface area (TPSA) is 73.6 Å². The van der Waals surface area contributed by atoms with Crippen LogP contribution in [0.1, 0.15) is 61.9 Å². The molecule has 4 aliphatic carbocycles. The van der Waals surface area contributed by atoms with E-state index in [4.69, 9.17) is 19.6 Å². The van der Waals surface area contributed by atoms with Crippen LogP contribution in [0.15, 0.2) is 0 Å². The summed E-state index contributed by atoms with van der Waals surface area (Å²) in [5.41, 5.74) is -0.197.